The van der Waals surface area contributed by atoms with Gasteiger partial charge in [0.2, 0.25) is 0 Å². The molecule has 0 saturated heterocycles. The number of nitrogens with zero attached hydrogens (tertiary/aromatic N) is 1. The summed E-state index contributed by atoms with van der Waals surface area (Å²) in [7, 11) is 1.69. The summed E-state index contributed by atoms with van der Waals surface area (Å²) in [6, 6.07) is 7.86. The van der Waals surface area contributed by atoms with Crippen LogP contribution in [0, 0.1) is 11.6 Å². The molecule has 0 atom stereocenters. The first-order valence-corrected chi connectivity index (χ1v) is 14.5. The van der Waals surface area contributed by atoms with E-state index in [-0.39, 0.29) is 29.8 Å². The standard InChI is InChI=1S/C32H46F2NO2.HI/c1-4-6-8-10-12-14-22-37-32-28-20-21-35(24-25-23-26(33)16-18-29(25)34)30(15-13-11-9-7-5-2)27(28)17-19-31(32)36-3;/h16-19,23H,4-15,20-22,24H2,1-3H3;1H/q+1;/p-1. The van der Waals surface area contributed by atoms with E-state index in [1.807, 2.05) is 6.07 Å². The van der Waals surface area contributed by atoms with Crippen molar-refractivity contribution in [2.24, 2.45) is 0 Å². The van der Waals surface area contributed by atoms with Gasteiger partial charge in [-0.2, -0.15) is 0 Å². The number of hydrogen-bond donors (Lipinski definition) is 0. The maximum absolute atomic E-state index is 14.5. The smallest absolute Gasteiger partial charge is 0.184 e. The molecule has 38 heavy (non-hydrogen) atoms. The zero-order chi connectivity index (χ0) is 26.5. The van der Waals surface area contributed by atoms with Crippen molar-refractivity contribution in [3.63, 3.8) is 0 Å². The number of ether oxygens (including phenoxy) is 2. The van der Waals surface area contributed by atoms with Gasteiger partial charge < -0.3 is 33.5 Å². The second-order valence-electron chi connectivity index (χ2n) is 10.3. The molecule has 0 bridgehead atoms. The second-order valence-corrected chi connectivity index (χ2v) is 10.3. The largest absolute Gasteiger partial charge is 1.00 e. The van der Waals surface area contributed by atoms with E-state index in [0.717, 1.165) is 49.3 Å². The fourth-order valence-electron chi connectivity index (χ4n) is 5.29. The number of fused-ring (bicyclic) bond motifs is 1. The molecular weight excluding hydrogens is 595 g/mol. The summed E-state index contributed by atoms with van der Waals surface area (Å²) in [5, 5.41) is 0. The Morgan fingerprint density at radius 2 is 1.53 bits per heavy atom. The molecule has 2 aromatic rings. The van der Waals surface area contributed by atoms with Crippen molar-refractivity contribution >= 4 is 5.71 Å². The molecule has 0 unspecified atom stereocenters. The van der Waals surface area contributed by atoms with Crippen molar-refractivity contribution in [2.45, 2.75) is 104 Å². The lowest BCUT2D eigenvalue weighted by atomic mass is 9.92. The van der Waals surface area contributed by atoms with Crippen molar-refractivity contribution in [3.8, 4) is 11.5 Å². The van der Waals surface area contributed by atoms with Crippen LogP contribution in [0.15, 0.2) is 30.3 Å². The van der Waals surface area contributed by atoms with Crippen LogP contribution in [0.1, 0.15) is 108 Å². The minimum Gasteiger partial charge on any atom is -1.00 e. The molecule has 6 heteroatoms. The highest BCUT2D eigenvalue weighted by Crippen LogP contribution is 2.37. The predicted molar refractivity (Wildman–Crippen MR) is 148 cm³/mol. The molecule has 2 aromatic carbocycles. The van der Waals surface area contributed by atoms with Crippen LogP contribution in [0.5, 0.6) is 11.5 Å². The quantitative estimate of drug-likeness (QED) is 0.127. The Kier molecular flexibility index (Phi) is 15.2. The summed E-state index contributed by atoms with van der Waals surface area (Å²) in [6.07, 6.45) is 15.0. The van der Waals surface area contributed by atoms with Gasteiger partial charge in [-0.05, 0) is 43.2 Å². The van der Waals surface area contributed by atoms with Gasteiger partial charge in [0.15, 0.2) is 23.8 Å². The number of rotatable bonds is 17. The van der Waals surface area contributed by atoms with Crippen LogP contribution in [-0.2, 0) is 13.0 Å². The first kappa shape index (κ1) is 32.5. The van der Waals surface area contributed by atoms with Gasteiger partial charge in [-0.1, -0.05) is 71.6 Å². The van der Waals surface area contributed by atoms with Crippen LogP contribution < -0.4 is 33.5 Å². The van der Waals surface area contributed by atoms with E-state index in [0.29, 0.717) is 18.7 Å². The summed E-state index contributed by atoms with van der Waals surface area (Å²) in [6.45, 7) is 6.26. The average molecular weight is 642 g/mol. The number of hydrogen-bond acceptors (Lipinski definition) is 2. The zero-order valence-electron chi connectivity index (χ0n) is 23.6. The minimum absolute atomic E-state index is 0. The first-order chi connectivity index (χ1) is 18.1. The molecule has 0 fully saturated rings. The van der Waals surface area contributed by atoms with Crippen LogP contribution >= 0.6 is 0 Å². The Morgan fingerprint density at radius 1 is 0.842 bits per heavy atom. The van der Waals surface area contributed by atoms with E-state index in [9.17, 15) is 8.78 Å². The Bertz CT molecular complexity index is 1020. The first-order valence-electron chi connectivity index (χ1n) is 14.5. The van der Waals surface area contributed by atoms with E-state index in [2.05, 4.69) is 24.5 Å². The van der Waals surface area contributed by atoms with Crippen molar-refractivity contribution in [3.05, 3.63) is 58.7 Å². The van der Waals surface area contributed by atoms with E-state index >= 15 is 0 Å². The topological polar surface area (TPSA) is 21.5 Å². The van der Waals surface area contributed by atoms with E-state index in [1.54, 1.807) is 7.11 Å². The molecule has 0 aliphatic carbocycles. The van der Waals surface area contributed by atoms with Gasteiger partial charge >= 0.3 is 0 Å². The Morgan fingerprint density at radius 3 is 2.24 bits per heavy atom. The van der Waals surface area contributed by atoms with Gasteiger partial charge in [-0.3, -0.25) is 0 Å². The van der Waals surface area contributed by atoms with Crippen molar-refractivity contribution in [2.75, 3.05) is 20.3 Å². The molecule has 3 nitrogen and oxygen atoms in total. The molecule has 0 radical (unpaired) electrons. The molecule has 1 aliphatic heterocycles. The van der Waals surface area contributed by atoms with Crippen LogP contribution in [-0.4, -0.2) is 30.5 Å². The lowest BCUT2D eigenvalue weighted by Gasteiger charge is -2.23. The third-order valence-electron chi connectivity index (χ3n) is 7.40. The summed E-state index contributed by atoms with van der Waals surface area (Å²) >= 11 is 0. The van der Waals surface area contributed by atoms with Gasteiger partial charge in [0.05, 0.1) is 19.3 Å². The molecule has 1 aliphatic rings. The highest BCUT2D eigenvalue weighted by molar-refractivity contribution is 5.99. The average Bonchev–Trinajstić information content (AvgIpc) is 2.90. The van der Waals surface area contributed by atoms with Crippen LogP contribution in [0.2, 0.25) is 0 Å². The van der Waals surface area contributed by atoms with E-state index in [4.69, 9.17) is 9.47 Å². The summed E-state index contributed by atoms with van der Waals surface area (Å²) < 4.78 is 42.7. The number of halogens is 3. The SMILES string of the molecule is CCCCCCCCOc1c(OC)ccc2c1CC[N+](Cc1cc(F)ccc1F)=C2CCCCCCC.[I-]. The molecule has 1 heterocycles. The molecule has 0 amide bonds. The maximum atomic E-state index is 14.5. The number of benzene rings is 2. The molecule has 0 aromatic heterocycles. The fraction of sp³-hybridized carbons (Fsp3) is 0.594. The molecule has 0 saturated carbocycles. The molecule has 0 spiro atoms. The third-order valence-corrected chi connectivity index (χ3v) is 7.40. The van der Waals surface area contributed by atoms with Crippen LogP contribution in [0.4, 0.5) is 8.78 Å². The predicted octanol–water partition coefficient (Wildman–Crippen LogP) is 5.64. The lowest BCUT2D eigenvalue weighted by Crippen LogP contribution is -3.00. The van der Waals surface area contributed by atoms with Crippen LogP contribution in [0.3, 0.4) is 0 Å². The fourth-order valence-corrected chi connectivity index (χ4v) is 5.29. The molecular formula is C32H46F2INO2. The monoisotopic (exact) mass is 641 g/mol. The lowest BCUT2D eigenvalue weighted by molar-refractivity contribution is -0.546. The molecule has 0 N–H and O–H groups in total. The van der Waals surface area contributed by atoms with Gasteiger partial charge in [-0.25, -0.2) is 13.4 Å². The minimum atomic E-state index is -0.398. The van der Waals surface area contributed by atoms with E-state index in [1.165, 1.54) is 87.3 Å². The molecule has 3 rings (SSSR count). The van der Waals surface area contributed by atoms with Gasteiger partial charge in [-0.15, -0.1) is 0 Å². The van der Waals surface area contributed by atoms with Crippen LogP contribution in [0.25, 0.3) is 0 Å². The van der Waals surface area contributed by atoms with Crippen molar-refractivity contribution in [1.29, 1.82) is 0 Å². The Hall–Kier alpha value is -1.70. The third kappa shape index (κ3) is 9.49. The van der Waals surface area contributed by atoms with Crippen molar-refractivity contribution < 1.29 is 46.8 Å². The summed E-state index contributed by atoms with van der Waals surface area (Å²) in [5.41, 5.74) is 3.95. The summed E-state index contributed by atoms with van der Waals surface area (Å²) in [4.78, 5) is 0. The highest BCUT2D eigenvalue weighted by Gasteiger charge is 2.30. The second kappa shape index (κ2) is 17.8. The van der Waals surface area contributed by atoms with Gasteiger partial charge in [0, 0.05) is 24.0 Å². The highest BCUT2D eigenvalue weighted by atomic mass is 127. The van der Waals surface area contributed by atoms with Gasteiger partial charge in [0.25, 0.3) is 0 Å². The zero-order valence-corrected chi connectivity index (χ0v) is 25.8. The molecule has 212 valence electrons. The normalized spacial score (nSPS) is 12.8. The summed E-state index contributed by atoms with van der Waals surface area (Å²) in [5.74, 6) is 0.877. The Balaban J connectivity index is 0.00000507. The maximum Gasteiger partial charge on any atom is 0.184 e. The Labute approximate surface area is 246 Å². The van der Waals surface area contributed by atoms with E-state index < -0.39 is 5.82 Å². The number of methoxy groups -OCH3 is 1. The number of unbranched alkanes of at least 4 members (excludes halogenated alkanes) is 9. The van der Waals surface area contributed by atoms with Crippen molar-refractivity contribution in [1.82, 2.24) is 0 Å². The van der Waals surface area contributed by atoms with Gasteiger partial charge in [0.1, 0.15) is 18.2 Å².